The Kier molecular flexibility index (Phi) is 5.47. The van der Waals surface area contributed by atoms with Crippen LogP contribution in [0.1, 0.15) is 27.9 Å². The molecule has 0 aliphatic rings. The lowest BCUT2D eigenvalue weighted by atomic mass is 9.86. The van der Waals surface area contributed by atoms with Crippen LogP contribution in [0.25, 0.3) is 0 Å². The first kappa shape index (κ1) is 19.7. The minimum atomic E-state index is -5.18. The van der Waals surface area contributed by atoms with E-state index in [2.05, 4.69) is 0 Å². The van der Waals surface area contributed by atoms with Crippen molar-refractivity contribution in [3.8, 4) is 0 Å². The third-order valence-electron chi connectivity index (χ3n) is 3.72. The van der Waals surface area contributed by atoms with E-state index >= 15 is 0 Å². The molecule has 2 rings (SSSR count). The molecular formula is C17H12Cl2F4O2. The highest BCUT2D eigenvalue weighted by atomic mass is 35.5. The number of halogens is 6. The molecule has 1 unspecified atom stereocenters. The summed E-state index contributed by atoms with van der Waals surface area (Å²) in [6, 6.07) is 6.25. The van der Waals surface area contributed by atoms with Gasteiger partial charge >= 0.3 is 6.18 Å². The molecule has 1 atom stereocenters. The lowest BCUT2D eigenvalue weighted by Gasteiger charge is -2.30. The van der Waals surface area contributed by atoms with Crippen molar-refractivity contribution in [3.63, 3.8) is 0 Å². The zero-order valence-electron chi connectivity index (χ0n) is 12.8. The molecule has 0 aliphatic carbocycles. The standard InChI is InChI=1S/C17H12Cl2F4O2/c1-9-2-3-10(4-14(9)20)15(24)8-16(25,17(21,22)23)11-5-12(18)7-13(19)6-11/h2-7,25H,8H2,1H3. The second kappa shape index (κ2) is 6.94. The van der Waals surface area contributed by atoms with E-state index in [9.17, 15) is 27.5 Å². The van der Waals surface area contributed by atoms with Gasteiger partial charge in [0.15, 0.2) is 11.4 Å². The molecular weight excluding hydrogens is 383 g/mol. The van der Waals surface area contributed by atoms with E-state index < -0.39 is 35.4 Å². The average molecular weight is 395 g/mol. The van der Waals surface area contributed by atoms with Crippen LogP contribution in [0.5, 0.6) is 0 Å². The van der Waals surface area contributed by atoms with Gasteiger partial charge in [-0.05, 0) is 42.3 Å². The number of aliphatic hydroxyl groups is 1. The molecule has 2 aromatic carbocycles. The van der Waals surface area contributed by atoms with Crippen LogP contribution >= 0.6 is 23.2 Å². The maximum atomic E-state index is 13.6. The summed E-state index contributed by atoms with van der Waals surface area (Å²) in [6.45, 7) is 1.45. The van der Waals surface area contributed by atoms with Gasteiger partial charge in [-0.25, -0.2) is 4.39 Å². The number of alkyl halides is 3. The number of benzene rings is 2. The molecule has 25 heavy (non-hydrogen) atoms. The smallest absolute Gasteiger partial charge is 0.376 e. The second-order valence-electron chi connectivity index (χ2n) is 5.58. The van der Waals surface area contributed by atoms with Crippen LogP contribution in [0.15, 0.2) is 36.4 Å². The van der Waals surface area contributed by atoms with Crippen LogP contribution in [0.2, 0.25) is 10.0 Å². The van der Waals surface area contributed by atoms with Crippen molar-refractivity contribution in [1.82, 2.24) is 0 Å². The normalized spacial score (nSPS) is 14.2. The van der Waals surface area contributed by atoms with Crippen molar-refractivity contribution in [3.05, 3.63) is 69.0 Å². The third kappa shape index (κ3) is 4.14. The van der Waals surface area contributed by atoms with Crippen molar-refractivity contribution >= 4 is 29.0 Å². The van der Waals surface area contributed by atoms with Crippen molar-refractivity contribution in [1.29, 1.82) is 0 Å². The maximum absolute atomic E-state index is 13.6. The largest absolute Gasteiger partial charge is 0.421 e. The topological polar surface area (TPSA) is 37.3 Å². The van der Waals surface area contributed by atoms with Gasteiger partial charge in [-0.15, -0.1) is 0 Å². The average Bonchev–Trinajstić information content (AvgIpc) is 2.47. The van der Waals surface area contributed by atoms with Crippen LogP contribution in [-0.2, 0) is 5.60 Å². The van der Waals surface area contributed by atoms with Crippen molar-refractivity contribution in [2.45, 2.75) is 25.1 Å². The molecule has 2 aromatic rings. The quantitative estimate of drug-likeness (QED) is 0.551. The Hall–Kier alpha value is -1.63. The molecule has 0 spiro atoms. The summed E-state index contributed by atoms with van der Waals surface area (Å²) in [4.78, 5) is 12.2. The number of carbonyl (C=O) groups is 1. The lowest BCUT2D eigenvalue weighted by molar-refractivity contribution is -0.264. The molecule has 134 valence electrons. The van der Waals surface area contributed by atoms with E-state index in [4.69, 9.17) is 23.2 Å². The molecule has 1 N–H and O–H groups in total. The second-order valence-corrected chi connectivity index (χ2v) is 6.45. The number of Topliss-reactive ketones (excluding diaryl/α,β-unsaturated/α-hetero) is 1. The molecule has 0 saturated heterocycles. The van der Waals surface area contributed by atoms with Gasteiger partial charge in [0, 0.05) is 15.6 Å². The number of hydrogen-bond acceptors (Lipinski definition) is 2. The first-order valence-electron chi connectivity index (χ1n) is 6.99. The Bertz CT molecular complexity index is 801. The summed E-state index contributed by atoms with van der Waals surface area (Å²) in [6.07, 6.45) is -6.52. The molecule has 0 saturated carbocycles. The van der Waals surface area contributed by atoms with E-state index in [0.717, 1.165) is 18.2 Å². The molecule has 0 radical (unpaired) electrons. The Balaban J connectivity index is 2.47. The monoisotopic (exact) mass is 394 g/mol. The molecule has 0 amide bonds. The van der Waals surface area contributed by atoms with Crippen molar-refractivity contribution < 1.29 is 27.5 Å². The summed E-state index contributed by atoms with van der Waals surface area (Å²) in [5, 5.41) is 10.0. The maximum Gasteiger partial charge on any atom is 0.421 e. The zero-order chi connectivity index (χ0) is 19.0. The Labute approximate surface area is 151 Å². The summed E-state index contributed by atoms with van der Waals surface area (Å²) in [7, 11) is 0. The first-order chi connectivity index (χ1) is 11.4. The number of ketones is 1. The van der Waals surface area contributed by atoms with Gasteiger partial charge in [-0.1, -0.05) is 35.3 Å². The fraction of sp³-hybridized carbons (Fsp3) is 0.235. The summed E-state index contributed by atoms with van der Waals surface area (Å²) < 4.78 is 54.1. The highest BCUT2D eigenvalue weighted by molar-refractivity contribution is 6.34. The molecule has 8 heteroatoms. The molecule has 0 aromatic heterocycles. The molecule has 0 aliphatic heterocycles. The predicted octanol–water partition coefficient (Wildman–Crippen LogP) is 5.46. The number of carbonyl (C=O) groups excluding carboxylic acids is 1. The van der Waals surface area contributed by atoms with E-state index in [1.807, 2.05) is 0 Å². The van der Waals surface area contributed by atoms with Gasteiger partial charge in [-0.2, -0.15) is 13.2 Å². The lowest BCUT2D eigenvalue weighted by Crippen LogP contribution is -2.44. The van der Waals surface area contributed by atoms with Gasteiger partial charge in [0.2, 0.25) is 0 Å². The van der Waals surface area contributed by atoms with Crippen LogP contribution in [0.3, 0.4) is 0 Å². The van der Waals surface area contributed by atoms with Gasteiger partial charge in [0.1, 0.15) is 5.82 Å². The van der Waals surface area contributed by atoms with Crippen molar-refractivity contribution in [2.24, 2.45) is 0 Å². The van der Waals surface area contributed by atoms with E-state index in [-0.39, 0.29) is 21.2 Å². The number of rotatable bonds is 4. The van der Waals surface area contributed by atoms with Crippen molar-refractivity contribution in [2.75, 3.05) is 0 Å². The van der Waals surface area contributed by atoms with Gasteiger partial charge < -0.3 is 5.11 Å². The van der Waals surface area contributed by atoms with Crippen LogP contribution < -0.4 is 0 Å². The summed E-state index contributed by atoms with van der Waals surface area (Å²) in [5.74, 6) is -1.80. The van der Waals surface area contributed by atoms with Crippen LogP contribution in [0.4, 0.5) is 17.6 Å². The zero-order valence-corrected chi connectivity index (χ0v) is 14.3. The fourth-order valence-electron chi connectivity index (χ4n) is 2.26. The van der Waals surface area contributed by atoms with E-state index in [1.54, 1.807) is 0 Å². The molecule has 0 heterocycles. The van der Waals surface area contributed by atoms with Crippen LogP contribution in [0, 0.1) is 12.7 Å². The molecule has 2 nitrogen and oxygen atoms in total. The van der Waals surface area contributed by atoms with Crippen LogP contribution in [-0.4, -0.2) is 17.1 Å². The van der Waals surface area contributed by atoms with Gasteiger partial charge in [-0.3, -0.25) is 4.79 Å². The Morgan fingerprint density at radius 2 is 1.64 bits per heavy atom. The first-order valence-corrected chi connectivity index (χ1v) is 7.74. The summed E-state index contributed by atoms with van der Waals surface area (Å²) >= 11 is 11.4. The van der Waals surface area contributed by atoms with E-state index in [0.29, 0.717) is 0 Å². The Morgan fingerprint density at radius 1 is 1.08 bits per heavy atom. The summed E-state index contributed by atoms with van der Waals surface area (Å²) in [5.41, 5.74) is -4.22. The Morgan fingerprint density at radius 3 is 2.12 bits per heavy atom. The minimum Gasteiger partial charge on any atom is -0.376 e. The minimum absolute atomic E-state index is 0.126. The third-order valence-corrected chi connectivity index (χ3v) is 4.16. The highest BCUT2D eigenvalue weighted by Gasteiger charge is 2.56. The number of hydrogen-bond donors (Lipinski definition) is 1. The molecule has 0 fully saturated rings. The van der Waals surface area contributed by atoms with Gasteiger partial charge in [0.25, 0.3) is 0 Å². The van der Waals surface area contributed by atoms with Gasteiger partial charge in [0.05, 0.1) is 6.42 Å². The SMILES string of the molecule is Cc1ccc(C(=O)CC(O)(c2cc(Cl)cc(Cl)c2)C(F)(F)F)cc1F. The highest BCUT2D eigenvalue weighted by Crippen LogP contribution is 2.43. The number of aryl methyl sites for hydroxylation is 1. The predicted molar refractivity (Wildman–Crippen MR) is 86.5 cm³/mol. The fourth-order valence-corrected chi connectivity index (χ4v) is 2.79. The molecule has 0 bridgehead atoms. The van der Waals surface area contributed by atoms with E-state index in [1.165, 1.54) is 25.1 Å².